The highest BCUT2D eigenvalue weighted by Crippen LogP contribution is 2.21. The first kappa shape index (κ1) is 14.3. The van der Waals surface area contributed by atoms with Crippen LogP contribution in [0.2, 0.25) is 0 Å². The molecule has 0 aliphatic rings. The molecule has 1 aromatic carbocycles. The summed E-state index contributed by atoms with van der Waals surface area (Å²) in [6.45, 7) is 4.05. The monoisotopic (exact) mass is 269 g/mol. The van der Waals surface area contributed by atoms with Crippen LogP contribution in [0.3, 0.4) is 0 Å². The lowest BCUT2D eigenvalue weighted by Gasteiger charge is -2.16. The molecule has 20 heavy (non-hydrogen) atoms. The Morgan fingerprint density at radius 2 is 1.90 bits per heavy atom. The van der Waals surface area contributed by atoms with E-state index in [2.05, 4.69) is 11.9 Å². The first-order chi connectivity index (χ1) is 9.74. The fraction of sp³-hybridized carbons (Fsp3) is 0.294. The minimum Gasteiger partial charge on any atom is -0.453 e. The Labute approximate surface area is 119 Å². The highest BCUT2D eigenvalue weighted by molar-refractivity contribution is 5.87. The lowest BCUT2D eigenvalue weighted by atomic mass is 10.1. The van der Waals surface area contributed by atoms with Crippen molar-refractivity contribution in [3.05, 3.63) is 65.5 Å². The quantitative estimate of drug-likeness (QED) is 0.771. The SMILES string of the molecule is CCc1ccc(C(=O)OC(CC)c2ccccc2)nc1. The molecular weight excluding hydrogens is 250 g/mol. The normalized spacial score (nSPS) is 11.9. The highest BCUT2D eigenvalue weighted by Gasteiger charge is 2.16. The molecule has 0 saturated carbocycles. The van der Waals surface area contributed by atoms with Crippen molar-refractivity contribution < 1.29 is 9.53 Å². The van der Waals surface area contributed by atoms with Gasteiger partial charge in [-0.25, -0.2) is 9.78 Å². The first-order valence-corrected chi connectivity index (χ1v) is 6.95. The predicted molar refractivity (Wildman–Crippen MR) is 78.5 cm³/mol. The summed E-state index contributed by atoms with van der Waals surface area (Å²) in [5.74, 6) is -0.372. The molecule has 1 atom stereocenters. The van der Waals surface area contributed by atoms with Crippen molar-refractivity contribution in [2.24, 2.45) is 0 Å². The molecule has 0 fully saturated rings. The molecule has 1 aromatic heterocycles. The number of esters is 1. The van der Waals surface area contributed by atoms with Crippen molar-refractivity contribution in [1.29, 1.82) is 0 Å². The van der Waals surface area contributed by atoms with Gasteiger partial charge in [-0.2, -0.15) is 0 Å². The average molecular weight is 269 g/mol. The number of aromatic nitrogens is 1. The maximum Gasteiger partial charge on any atom is 0.357 e. The molecule has 3 nitrogen and oxygen atoms in total. The predicted octanol–water partition coefficient (Wildman–Crippen LogP) is 3.95. The summed E-state index contributed by atoms with van der Waals surface area (Å²) in [6, 6.07) is 13.4. The van der Waals surface area contributed by atoms with Crippen LogP contribution in [-0.4, -0.2) is 11.0 Å². The molecular formula is C17H19NO2. The fourth-order valence-electron chi connectivity index (χ4n) is 2.00. The Morgan fingerprint density at radius 1 is 1.15 bits per heavy atom. The number of ether oxygens (including phenoxy) is 1. The van der Waals surface area contributed by atoms with Gasteiger partial charge in [0.2, 0.25) is 0 Å². The minimum absolute atomic E-state index is 0.226. The second-order valence-corrected chi connectivity index (χ2v) is 4.62. The zero-order chi connectivity index (χ0) is 14.4. The number of hydrogen-bond donors (Lipinski definition) is 0. The van der Waals surface area contributed by atoms with Crippen LogP contribution in [0.5, 0.6) is 0 Å². The van der Waals surface area contributed by atoms with E-state index in [-0.39, 0.29) is 12.1 Å². The lowest BCUT2D eigenvalue weighted by Crippen LogP contribution is -2.12. The number of carbonyl (C=O) groups is 1. The highest BCUT2D eigenvalue weighted by atomic mass is 16.5. The van der Waals surface area contributed by atoms with Crippen molar-refractivity contribution in [2.75, 3.05) is 0 Å². The maximum absolute atomic E-state index is 12.1. The Bertz CT molecular complexity index is 549. The molecule has 104 valence electrons. The Morgan fingerprint density at radius 3 is 2.45 bits per heavy atom. The van der Waals surface area contributed by atoms with Crippen LogP contribution >= 0.6 is 0 Å². The molecule has 1 heterocycles. The number of aryl methyl sites for hydroxylation is 1. The lowest BCUT2D eigenvalue weighted by molar-refractivity contribution is 0.0281. The number of hydrogen-bond acceptors (Lipinski definition) is 3. The average Bonchev–Trinajstić information content (AvgIpc) is 2.53. The summed E-state index contributed by atoms with van der Waals surface area (Å²) in [4.78, 5) is 16.3. The zero-order valence-corrected chi connectivity index (χ0v) is 11.9. The number of benzene rings is 1. The fourth-order valence-corrected chi connectivity index (χ4v) is 2.00. The van der Waals surface area contributed by atoms with Crippen LogP contribution in [0.25, 0.3) is 0 Å². The molecule has 1 unspecified atom stereocenters. The van der Waals surface area contributed by atoms with Gasteiger partial charge in [-0.3, -0.25) is 0 Å². The van der Waals surface area contributed by atoms with Crippen molar-refractivity contribution in [3.8, 4) is 0 Å². The van der Waals surface area contributed by atoms with Crippen molar-refractivity contribution in [2.45, 2.75) is 32.8 Å². The second kappa shape index (κ2) is 6.85. The summed E-state index contributed by atoms with van der Waals surface area (Å²) in [5, 5.41) is 0. The number of rotatable bonds is 5. The van der Waals surface area contributed by atoms with E-state index in [0.717, 1.165) is 24.0 Å². The molecule has 2 rings (SSSR count). The minimum atomic E-state index is -0.372. The van der Waals surface area contributed by atoms with E-state index in [0.29, 0.717) is 5.69 Å². The van der Waals surface area contributed by atoms with Gasteiger partial charge in [-0.05, 0) is 30.0 Å². The molecule has 0 spiro atoms. The van der Waals surface area contributed by atoms with Gasteiger partial charge in [0.05, 0.1) is 0 Å². The summed E-state index contributed by atoms with van der Waals surface area (Å²) >= 11 is 0. The van der Waals surface area contributed by atoms with Gasteiger partial charge in [-0.15, -0.1) is 0 Å². The Balaban J connectivity index is 2.09. The van der Waals surface area contributed by atoms with Crippen molar-refractivity contribution >= 4 is 5.97 Å². The van der Waals surface area contributed by atoms with E-state index in [4.69, 9.17) is 4.74 Å². The first-order valence-electron chi connectivity index (χ1n) is 6.95. The molecule has 0 saturated heterocycles. The molecule has 0 amide bonds. The smallest absolute Gasteiger partial charge is 0.357 e. The standard InChI is InChI=1S/C17H19NO2/c1-3-13-10-11-15(18-12-13)17(19)20-16(4-2)14-8-6-5-7-9-14/h5-12,16H,3-4H2,1-2H3. The van der Waals surface area contributed by atoms with Crippen LogP contribution in [0.15, 0.2) is 48.7 Å². The summed E-state index contributed by atoms with van der Waals surface area (Å²) in [7, 11) is 0. The Kier molecular flexibility index (Phi) is 4.88. The van der Waals surface area contributed by atoms with Crippen LogP contribution in [0.4, 0.5) is 0 Å². The van der Waals surface area contributed by atoms with E-state index in [1.165, 1.54) is 0 Å². The second-order valence-electron chi connectivity index (χ2n) is 4.62. The summed E-state index contributed by atoms with van der Waals surface area (Å²) in [5.41, 5.74) is 2.47. The van der Waals surface area contributed by atoms with Gasteiger partial charge in [0.15, 0.2) is 0 Å². The van der Waals surface area contributed by atoms with Gasteiger partial charge in [0, 0.05) is 6.20 Å². The van der Waals surface area contributed by atoms with E-state index >= 15 is 0 Å². The van der Waals surface area contributed by atoms with E-state index in [1.807, 2.05) is 43.3 Å². The van der Waals surface area contributed by atoms with Gasteiger partial charge >= 0.3 is 5.97 Å². The number of carbonyl (C=O) groups excluding carboxylic acids is 1. The molecule has 2 aromatic rings. The molecule has 0 aliphatic heterocycles. The van der Waals surface area contributed by atoms with Crippen LogP contribution in [0, 0.1) is 0 Å². The van der Waals surface area contributed by atoms with Crippen LogP contribution in [0.1, 0.15) is 48.0 Å². The number of nitrogens with zero attached hydrogens (tertiary/aromatic N) is 1. The summed E-state index contributed by atoms with van der Waals surface area (Å²) in [6.07, 6.45) is 3.14. The zero-order valence-electron chi connectivity index (χ0n) is 11.9. The third-order valence-corrected chi connectivity index (χ3v) is 3.23. The van der Waals surface area contributed by atoms with E-state index in [9.17, 15) is 4.79 Å². The van der Waals surface area contributed by atoms with E-state index in [1.54, 1.807) is 12.3 Å². The van der Waals surface area contributed by atoms with Gasteiger partial charge < -0.3 is 4.74 Å². The van der Waals surface area contributed by atoms with Gasteiger partial charge in [0.25, 0.3) is 0 Å². The van der Waals surface area contributed by atoms with Crippen LogP contribution < -0.4 is 0 Å². The number of pyridine rings is 1. The van der Waals surface area contributed by atoms with Crippen molar-refractivity contribution in [1.82, 2.24) is 4.98 Å². The molecule has 0 N–H and O–H groups in total. The van der Waals surface area contributed by atoms with Gasteiger partial charge in [0.1, 0.15) is 11.8 Å². The molecule has 3 heteroatoms. The van der Waals surface area contributed by atoms with Crippen LogP contribution in [-0.2, 0) is 11.2 Å². The third kappa shape index (κ3) is 3.44. The third-order valence-electron chi connectivity index (χ3n) is 3.23. The molecule has 0 aliphatic carbocycles. The van der Waals surface area contributed by atoms with Crippen molar-refractivity contribution in [3.63, 3.8) is 0 Å². The maximum atomic E-state index is 12.1. The molecule has 0 bridgehead atoms. The Hall–Kier alpha value is -2.16. The topological polar surface area (TPSA) is 39.2 Å². The largest absolute Gasteiger partial charge is 0.453 e. The van der Waals surface area contributed by atoms with Gasteiger partial charge in [-0.1, -0.05) is 50.2 Å². The van der Waals surface area contributed by atoms with E-state index < -0.39 is 0 Å². The summed E-state index contributed by atoms with van der Waals surface area (Å²) < 4.78 is 5.54. The molecule has 0 radical (unpaired) electrons.